The van der Waals surface area contributed by atoms with Gasteiger partial charge in [0.1, 0.15) is 0 Å². The highest BCUT2D eigenvalue weighted by atomic mass is 35.5. The molecule has 0 aliphatic heterocycles. The number of aliphatic hydroxyl groups excluding tert-OH is 1. The molecule has 0 heterocycles. The molecule has 1 aromatic rings. The molecule has 0 bridgehead atoms. The van der Waals surface area contributed by atoms with E-state index in [9.17, 15) is 5.11 Å². The maximum Gasteiger partial charge on any atom is 0.0897 e. The van der Waals surface area contributed by atoms with Crippen LogP contribution in [0.2, 0.25) is 5.02 Å². The minimum absolute atomic E-state index is 0.331. The summed E-state index contributed by atoms with van der Waals surface area (Å²) in [4.78, 5) is 0. The Labute approximate surface area is 126 Å². The van der Waals surface area contributed by atoms with Crippen molar-refractivity contribution in [2.45, 2.75) is 38.9 Å². The van der Waals surface area contributed by atoms with Crippen molar-refractivity contribution in [3.8, 4) is 0 Å². The first kappa shape index (κ1) is 15.8. The molecule has 0 radical (unpaired) electrons. The highest BCUT2D eigenvalue weighted by Crippen LogP contribution is 2.47. The zero-order chi connectivity index (χ0) is 14.4. The molecule has 20 heavy (non-hydrogen) atoms. The summed E-state index contributed by atoms with van der Waals surface area (Å²) >= 11 is 6.04. The van der Waals surface area contributed by atoms with Crippen molar-refractivity contribution in [2.24, 2.45) is 5.41 Å². The molecular formula is C16H24ClNO2. The maximum atomic E-state index is 9.87. The van der Waals surface area contributed by atoms with Crippen LogP contribution in [0.3, 0.4) is 0 Å². The van der Waals surface area contributed by atoms with E-state index in [4.69, 9.17) is 16.3 Å². The Morgan fingerprint density at radius 2 is 2.15 bits per heavy atom. The maximum absolute atomic E-state index is 9.87. The molecule has 1 aromatic carbocycles. The van der Waals surface area contributed by atoms with Gasteiger partial charge in [0.05, 0.1) is 19.3 Å². The van der Waals surface area contributed by atoms with E-state index in [1.165, 1.54) is 19.3 Å². The fourth-order valence-corrected chi connectivity index (χ4v) is 2.51. The Bertz CT molecular complexity index is 421. The molecule has 1 aliphatic rings. The van der Waals surface area contributed by atoms with E-state index in [1.54, 1.807) is 0 Å². The third-order valence-electron chi connectivity index (χ3n) is 4.11. The lowest BCUT2D eigenvalue weighted by molar-refractivity contribution is 0.0284. The molecule has 1 saturated carbocycles. The Morgan fingerprint density at radius 3 is 2.80 bits per heavy atom. The second-order valence-electron chi connectivity index (χ2n) is 5.74. The molecule has 1 atom stereocenters. The number of ether oxygens (including phenoxy) is 1. The summed E-state index contributed by atoms with van der Waals surface area (Å²) in [5.41, 5.74) is 1.47. The van der Waals surface area contributed by atoms with Crippen molar-refractivity contribution in [1.82, 2.24) is 5.32 Å². The highest BCUT2D eigenvalue weighted by molar-refractivity contribution is 6.31. The number of hydrogen-bond acceptors (Lipinski definition) is 3. The average Bonchev–Trinajstić information content (AvgIpc) is 3.21. The van der Waals surface area contributed by atoms with Crippen molar-refractivity contribution in [1.29, 1.82) is 0 Å². The monoisotopic (exact) mass is 297 g/mol. The second kappa shape index (κ2) is 7.41. The fraction of sp³-hybridized carbons (Fsp3) is 0.625. The van der Waals surface area contributed by atoms with Crippen LogP contribution in [-0.4, -0.2) is 30.9 Å². The summed E-state index contributed by atoms with van der Waals surface area (Å²) in [6, 6.07) is 7.61. The van der Waals surface area contributed by atoms with Crippen molar-refractivity contribution in [2.75, 3.05) is 19.7 Å². The third kappa shape index (κ3) is 4.74. The van der Waals surface area contributed by atoms with Crippen molar-refractivity contribution in [3.63, 3.8) is 0 Å². The molecule has 1 unspecified atom stereocenters. The van der Waals surface area contributed by atoms with Gasteiger partial charge in [0, 0.05) is 18.1 Å². The van der Waals surface area contributed by atoms with Gasteiger partial charge in [-0.2, -0.15) is 0 Å². The lowest BCUT2D eigenvalue weighted by Gasteiger charge is -2.16. The van der Waals surface area contributed by atoms with Crippen LogP contribution >= 0.6 is 11.6 Å². The van der Waals surface area contributed by atoms with Crippen LogP contribution in [0, 0.1) is 5.41 Å². The van der Waals surface area contributed by atoms with Gasteiger partial charge in [0.15, 0.2) is 0 Å². The van der Waals surface area contributed by atoms with Crippen LogP contribution < -0.4 is 5.32 Å². The fourth-order valence-electron chi connectivity index (χ4n) is 2.32. The van der Waals surface area contributed by atoms with Crippen LogP contribution in [0.25, 0.3) is 0 Å². The Hall–Kier alpha value is -0.610. The number of nitrogens with one attached hydrogen (secondary N) is 1. The first-order valence-electron chi connectivity index (χ1n) is 7.35. The van der Waals surface area contributed by atoms with Gasteiger partial charge in [-0.3, -0.25) is 0 Å². The molecule has 0 aromatic heterocycles. The minimum Gasteiger partial charge on any atom is -0.389 e. The summed E-state index contributed by atoms with van der Waals surface area (Å²) in [6.07, 6.45) is 3.38. The molecule has 3 nitrogen and oxygen atoms in total. The van der Waals surface area contributed by atoms with E-state index in [2.05, 4.69) is 12.2 Å². The van der Waals surface area contributed by atoms with Gasteiger partial charge >= 0.3 is 0 Å². The molecule has 1 fully saturated rings. The van der Waals surface area contributed by atoms with Gasteiger partial charge in [0.2, 0.25) is 0 Å². The molecule has 1 aliphatic carbocycles. The molecule has 4 heteroatoms. The number of hydrogen-bond donors (Lipinski definition) is 2. The summed E-state index contributed by atoms with van der Waals surface area (Å²) in [7, 11) is 0. The van der Waals surface area contributed by atoms with Gasteiger partial charge in [-0.1, -0.05) is 36.7 Å². The van der Waals surface area contributed by atoms with Crippen LogP contribution in [0.4, 0.5) is 0 Å². The van der Waals surface area contributed by atoms with Crippen molar-refractivity contribution in [3.05, 3.63) is 34.9 Å². The van der Waals surface area contributed by atoms with Gasteiger partial charge < -0.3 is 15.2 Å². The SMILES string of the molecule is CCC1(CNCC(O)COCc2ccccc2Cl)CC1. The van der Waals surface area contributed by atoms with Crippen LogP contribution in [0.15, 0.2) is 24.3 Å². The van der Waals surface area contributed by atoms with Gasteiger partial charge in [0.25, 0.3) is 0 Å². The Kier molecular flexibility index (Phi) is 5.85. The lowest BCUT2D eigenvalue weighted by atomic mass is 10.0. The van der Waals surface area contributed by atoms with Gasteiger partial charge in [-0.05, 0) is 36.3 Å². The van der Waals surface area contributed by atoms with E-state index in [1.807, 2.05) is 24.3 Å². The normalized spacial score (nSPS) is 17.9. The van der Waals surface area contributed by atoms with E-state index in [0.717, 1.165) is 12.1 Å². The van der Waals surface area contributed by atoms with E-state index >= 15 is 0 Å². The summed E-state index contributed by atoms with van der Waals surface area (Å²) in [5, 5.41) is 13.9. The average molecular weight is 298 g/mol. The topological polar surface area (TPSA) is 41.5 Å². The number of benzene rings is 1. The molecule has 0 spiro atoms. The quantitative estimate of drug-likeness (QED) is 0.736. The Morgan fingerprint density at radius 1 is 1.40 bits per heavy atom. The van der Waals surface area contributed by atoms with Gasteiger partial charge in [-0.15, -0.1) is 0 Å². The third-order valence-corrected chi connectivity index (χ3v) is 4.48. The standard InChI is InChI=1S/C16H24ClNO2/c1-2-16(7-8-16)12-18-9-14(19)11-20-10-13-5-3-4-6-15(13)17/h3-6,14,18-19H,2,7-12H2,1H3. The molecule has 0 saturated heterocycles. The van der Waals surface area contributed by atoms with E-state index in [0.29, 0.717) is 30.2 Å². The predicted octanol–water partition coefficient (Wildman–Crippen LogP) is 3.00. The summed E-state index contributed by atoms with van der Waals surface area (Å²) < 4.78 is 5.51. The van der Waals surface area contributed by atoms with Gasteiger partial charge in [-0.25, -0.2) is 0 Å². The predicted molar refractivity (Wildman–Crippen MR) is 81.9 cm³/mol. The molecule has 112 valence electrons. The summed E-state index contributed by atoms with van der Waals surface area (Å²) in [6.45, 7) is 4.60. The molecule has 2 N–H and O–H groups in total. The number of aliphatic hydroxyl groups is 1. The number of halogens is 1. The first-order chi connectivity index (χ1) is 9.65. The van der Waals surface area contributed by atoms with Crippen LogP contribution in [0.5, 0.6) is 0 Å². The molecular weight excluding hydrogens is 274 g/mol. The largest absolute Gasteiger partial charge is 0.389 e. The number of rotatable bonds is 9. The lowest BCUT2D eigenvalue weighted by Crippen LogP contribution is -2.34. The van der Waals surface area contributed by atoms with E-state index < -0.39 is 6.10 Å². The molecule has 2 rings (SSSR count). The Balaban J connectivity index is 1.58. The highest BCUT2D eigenvalue weighted by Gasteiger charge is 2.39. The van der Waals surface area contributed by atoms with Crippen molar-refractivity contribution < 1.29 is 9.84 Å². The summed E-state index contributed by atoms with van der Waals surface area (Å²) in [5.74, 6) is 0. The zero-order valence-corrected chi connectivity index (χ0v) is 12.8. The first-order valence-corrected chi connectivity index (χ1v) is 7.73. The second-order valence-corrected chi connectivity index (χ2v) is 6.15. The van der Waals surface area contributed by atoms with Crippen LogP contribution in [-0.2, 0) is 11.3 Å². The van der Waals surface area contributed by atoms with Crippen LogP contribution in [0.1, 0.15) is 31.7 Å². The molecule has 0 amide bonds. The van der Waals surface area contributed by atoms with E-state index in [-0.39, 0.29) is 0 Å². The smallest absolute Gasteiger partial charge is 0.0897 e. The zero-order valence-electron chi connectivity index (χ0n) is 12.1. The van der Waals surface area contributed by atoms with Crippen molar-refractivity contribution >= 4 is 11.6 Å². The minimum atomic E-state index is -0.467.